The van der Waals surface area contributed by atoms with E-state index < -0.39 is 47.8 Å². The van der Waals surface area contributed by atoms with E-state index in [1.165, 1.54) is 0 Å². The third-order valence-electron chi connectivity index (χ3n) is 8.71. The summed E-state index contributed by atoms with van der Waals surface area (Å²) in [6.45, 7) is 17.2. The van der Waals surface area contributed by atoms with E-state index in [2.05, 4.69) is 0 Å². The van der Waals surface area contributed by atoms with Crippen LogP contribution in [0.5, 0.6) is 23.0 Å². The third kappa shape index (κ3) is 16.6. The maximum absolute atomic E-state index is 13.1. The number of carbonyl (C=O) groups excluding carboxylic acids is 8. The molecule has 0 unspecified atom stereocenters. The molecule has 61 heavy (non-hydrogen) atoms. The SMILES string of the molecule is CCOC(=O)CCC(=O)Oc1c(C)c(C)c(OC(=O)CCC(=O)OCC)c(SSSc2c(C)c(OC(=O)CCC(=O)OCC)c(C)c(C)c2OC(=O)CCC(=O)OCC)c1C. The van der Waals surface area contributed by atoms with Gasteiger partial charge < -0.3 is 37.9 Å². The van der Waals surface area contributed by atoms with Crippen LogP contribution in [0.1, 0.15) is 112 Å². The maximum Gasteiger partial charge on any atom is 0.311 e. The Hall–Kier alpha value is -4.75. The fourth-order valence-electron chi connectivity index (χ4n) is 5.38. The summed E-state index contributed by atoms with van der Waals surface area (Å²) in [6, 6.07) is 0. The van der Waals surface area contributed by atoms with Gasteiger partial charge in [-0.2, -0.15) is 0 Å². The van der Waals surface area contributed by atoms with Crippen molar-refractivity contribution in [1.29, 1.82) is 0 Å². The van der Waals surface area contributed by atoms with E-state index in [-0.39, 0.29) is 101 Å². The Morgan fingerprint density at radius 3 is 0.787 bits per heavy atom. The molecule has 0 amide bonds. The van der Waals surface area contributed by atoms with Crippen molar-refractivity contribution in [1.82, 2.24) is 0 Å². The standard InChI is InChI=1S/C42H54O16S3/c1-11-51-29(43)15-19-33(47)55-37-23(5)25(7)39(57-35(49)21-17-31(45)53-13-3)41(27(37)9)59-61-60-42-28(10)38(56-34(48)20-16-30(44)52-12-2)24(6)26(8)40(42)58-36(50)22-18-32(46)54-14-4/h11-22H2,1-10H3. The van der Waals surface area contributed by atoms with E-state index in [1.807, 2.05) is 0 Å². The molecule has 0 heterocycles. The van der Waals surface area contributed by atoms with Crippen molar-refractivity contribution in [2.45, 2.75) is 130 Å². The molecule has 0 bridgehead atoms. The van der Waals surface area contributed by atoms with Gasteiger partial charge in [0.15, 0.2) is 0 Å². The van der Waals surface area contributed by atoms with Gasteiger partial charge in [-0.05, 0) is 123 Å². The van der Waals surface area contributed by atoms with Gasteiger partial charge in [-0.3, -0.25) is 38.4 Å². The first-order chi connectivity index (χ1) is 28.9. The van der Waals surface area contributed by atoms with Crippen LogP contribution in [0.2, 0.25) is 0 Å². The lowest BCUT2D eigenvalue weighted by molar-refractivity contribution is -0.146. The average Bonchev–Trinajstić information content (AvgIpc) is 3.21. The van der Waals surface area contributed by atoms with E-state index in [0.29, 0.717) is 43.2 Å². The van der Waals surface area contributed by atoms with Gasteiger partial charge in [0, 0.05) is 11.1 Å². The van der Waals surface area contributed by atoms with Gasteiger partial charge in [0.25, 0.3) is 0 Å². The summed E-state index contributed by atoms with van der Waals surface area (Å²) in [5, 5.41) is 0. The van der Waals surface area contributed by atoms with Gasteiger partial charge in [0.2, 0.25) is 0 Å². The highest BCUT2D eigenvalue weighted by molar-refractivity contribution is 9.09. The van der Waals surface area contributed by atoms with Crippen LogP contribution in [0, 0.1) is 41.5 Å². The number of ether oxygens (including phenoxy) is 8. The van der Waals surface area contributed by atoms with Crippen LogP contribution in [-0.2, 0) is 57.3 Å². The fraction of sp³-hybridized carbons (Fsp3) is 0.524. The Balaban J connectivity index is 2.63. The smallest absolute Gasteiger partial charge is 0.311 e. The largest absolute Gasteiger partial charge is 0.466 e. The summed E-state index contributed by atoms with van der Waals surface area (Å²) in [4.78, 5) is 101. The van der Waals surface area contributed by atoms with Crippen LogP contribution in [0.15, 0.2) is 9.79 Å². The van der Waals surface area contributed by atoms with Gasteiger partial charge in [-0.15, -0.1) is 0 Å². The van der Waals surface area contributed by atoms with E-state index >= 15 is 0 Å². The molecule has 0 aliphatic carbocycles. The van der Waals surface area contributed by atoms with Crippen LogP contribution < -0.4 is 18.9 Å². The first-order valence-corrected chi connectivity index (χ1v) is 23.1. The number of benzene rings is 2. The van der Waals surface area contributed by atoms with Crippen molar-refractivity contribution in [3.05, 3.63) is 33.4 Å². The second-order valence-electron chi connectivity index (χ2n) is 13.1. The Kier molecular flexibility index (Phi) is 22.8. The molecule has 2 aromatic rings. The molecule has 16 nitrogen and oxygen atoms in total. The molecule has 0 aliphatic heterocycles. The predicted molar refractivity (Wildman–Crippen MR) is 227 cm³/mol. The van der Waals surface area contributed by atoms with Gasteiger partial charge >= 0.3 is 47.8 Å². The first-order valence-electron chi connectivity index (χ1n) is 19.6. The lowest BCUT2D eigenvalue weighted by Gasteiger charge is -2.22. The number of hydrogen-bond acceptors (Lipinski definition) is 19. The average molecular weight is 911 g/mol. The summed E-state index contributed by atoms with van der Waals surface area (Å²) < 4.78 is 43.0. The third-order valence-corrected chi connectivity index (χ3v) is 12.8. The van der Waals surface area contributed by atoms with Crippen LogP contribution in [0.3, 0.4) is 0 Å². The van der Waals surface area contributed by atoms with E-state index in [4.69, 9.17) is 37.9 Å². The summed E-state index contributed by atoms with van der Waals surface area (Å²) in [5.74, 6) is -4.42. The summed E-state index contributed by atoms with van der Waals surface area (Å²) >= 11 is 0. The Morgan fingerprint density at radius 1 is 0.328 bits per heavy atom. The highest BCUT2D eigenvalue weighted by Crippen LogP contribution is 2.55. The van der Waals surface area contributed by atoms with Crippen LogP contribution in [0.4, 0.5) is 0 Å². The van der Waals surface area contributed by atoms with Gasteiger partial charge in [0.05, 0.1) is 87.6 Å². The summed E-state index contributed by atoms with van der Waals surface area (Å²) in [7, 11) is 3.38. The predicted octanol–water partition coefficient (Wildman–Crippen LogP) is 7.98. The minimum absolute atomic E-state index is 0.145. The molecule has 336 valence electrons. The van der Waals surface area contributed by atoms with Crippen LogP contribution in [0.25, 0.3) is 0 Å². The topological polar surface area (TPSA) is 210 Å². The van der Waals surface area contributed by atoms with Crippen molar-refractivity contribution in [3.8, 4) is 23.0 Å². The fourth-order valence-corrected chi connectivity index (χ4v) is 9.77. The molecule has 0 aromatic heterocycles. The summed E-state index contributed by atoms with van der Waals surface area (Å²) in [5.41, 5.74) is 2.69. The molecule has 0 spiro atoms. The molecule has 0 fully saturated rings. The van der Waals surface area contributed by atoms with Crippen LogP contribution in [-0.4, -0.2) is 74.2 Å². The molecular formula is C42H54O16S3. The van der Waals surface area contributed by atoms with Crippen molar-refractivity contribution < 1.29 is 76.3 Å². The number of esters is 8. The normalized spacial score (nSPS) is 10.7. The highest BCUT2D eigenvalue weighted by atomic mass is 33.5. The zero-order valence-electron chi connectivity index (χ0n) is 36.2. The first kappa shape index (κ1) is 52.4. The van der Waals surface area contributed by atoms with E-state index in [1.54, 1.807) is 69.2 Å². The van der Waals surface area contributed by atoms with Crippen molar-refractivity contribution in [2.75, 3.05) is 26.4 Å². The number of carbonyl (C=O) groups is 8. The van der Waals surface area contributed by atoms with Crippen LogP contribution >= 0.6 is 31.4 Å². The van der Waals surface area contributed by atoms with Gasteiger partial charge in [-0.1, -0.05) is 0 Å². The number of rotatable bonds is 24. The molecular weight excluding hydrogens is 857 g/mol. The quantitative estimate of drug-likeness (QED) is 0.0423. The molecule has 0 radical (unpaired) electrons. The molecule has 19 heteroatoms. The monoisotopic (exact) mass is 910 g/mol. The van der Waals surface area contributed by atoms with E-state index in [0.717, 1.165) is 31.4 Å². The Labute approximate surface area is 367 Å². The van der Waals surface area contributed by atoms with Gasteiger partial charge in [-0.25, -0.2) is 0 Å². The van der Waals surface area contributed by atoms with Crippen molar-refractivity contribution in [2.24, 2.45) is 0 Å². The van der Waals surface area contributed by atoms with E-state index in [9.17, 15) is 38.4 Å². The molecule has 2 aromatic carbocycles. The zero-order valence-corrected chi connectivity index (χ0v) is 38.7. The van der Waals surface area contributed by atoms with Crippen molar-refractivity contribution >= 4 is 79.2 Å². The second-order valence-corrected chi connectivity index (χ2v) is 17.0. The molecule has 0 saturated carbocycles. The number of hydrogen-bond donors (Lipinski definition) is 0. The maximum atomic E-state index is 13.1. The summed E-state index contributed by atoms with van der Waals surface area (Å²) in [6.07, 6.45) is -1.87. The molecule has 0 aliphatic rings. The van der Waals surface area contributed by atoms with Gasteiger partial charge in [0.1, 0.15) is 23.0 Å². The van der Waals surface area contributed by atoms with Crippen molar-refractivity contribution in [3.63, 3.8) is 0 Å². The molecule has 0 atom stereocenters. The highest BCUT2D eigenvalue weighted by Gasteiger charge is 2.28. The zero-order chi connectivity index (χ0) is 45.8. The molecule has 0 saturated heterocycles. The minimum atomic E-state index is -0.718. The molecule has 2 rings (SSSR count). The Bertz CT molecular complexity index is 1820. The molecule has 0 N–H and O–H groups in total. The minimum Gasteiger partial charge on any atom is -0.466 e. The lowest BCUT2D eigenvalue weighted by atomic mass is 10.0. The second kappa shape index (κ2) is 26.6. The lowest BCUT2D eigenvalue weighted by Crippen LogP contribution is -2.16. The Morgan fingerprint density at radius 2 is 0.541 bits per heavy atom.